The number of nitrogens with zero attached hydrogens (tertiary/aromatic N) is 1. The summed E-state index contributed by atoms with van der Waals surface area (Å²) in [4.78, 5) is 38.7. The third-order valence-electron chi connectivity index (χ3n) is 5.08. The molecule has 3 aliphatic heterocycles. The van der Waals surface area contributed by atoms with Crippen molar-refractivity contribution in [1.29, 1.82) is 0 Å². The minimum atomic E-state index is -1.36. The Kier molecular flexibility index (Phi) is 3.01. The van der Waals surface area contributed by atoms with Gasteiger partial charge in [0, 0.05) is 17.7 Å². The Morgan fingerprint density at radius 2 is 2.08 bits per heavy atom. The number of fused-ring (bicyclic) bond motifs is 5. The zero-order chi connectivity index (χ0) is 17.2. The van der Waals surface area contributed by atoms with Crippen molar-refractivity contribution in [2.45, 2.75) is 43.2 Å². The van der Waals surface area contributed by atoms with E-state index in [4.69, 9.17) is 5.73 Å². The van der Waals surface area contributed by atoms with E-state index in [2.05, 4.69) is 10.6 Å². The number of aliphatic hydroxyl groups is 1. The molecule has 0 saturated carbocycles. The number of hydrogen-bond donors (Lipinski definition) is 4. The monoisotopic (exact) mass is 330 g/mol. The fraction of sp³-hybridized carbons (Fsp3) is 0.438. The van der Waals surface area contributed by atoms with E-state index in [1.807, 2.05) is 6.07 Å². The highest BCUT2D eigenvalue weighted by atomic mass is 16.3. The van der Waals surface area contributed by atoms with Gasteiger partial charge in [0.2, 0.25) is 5.91 Å². The molecule has 3 aliphatic rings. The first kappa shape index (κ1) is 15.1. The maximum absolute atomic E-state index is 12.8. The minimum Gasteiger partial charge on any atom is -0.381 e. The van der Waals surface area contributed by atoms with E-state index < -0.39 is 47.5 Å². The number of para-hydroxylation sites is 1. The Morgan fingerprint density at radius 3 is 2.79 bits per heavy atom. The molecule has 0 bridgehead atoms. The molecule has 1 aromatic carbocycles. The van der Waals surface area contributed by atoms with Crippen LogP contribution in [-0.4, -0.2) is 51.9 Å². The van der Waals surface area contributed by atoms with E-state index in [0.717, 1.165) is 5.69 Å². The third kappa shape index (κ3) is 1.78. The largest absolute Gasteiger partial charge is 0.381 e. The number of carbonyl (C=O) groups excluding carboxylic acids is 3. The van der Waals surface area contributed by atoms with Crippen LogP contribution >= 0.6 is 0 Å². The third-order valence-corrected chi connectivity index (χ3v) is 5.08. The van der Waals surface area contributed by atoms with Gasteiger partial charge in [0.05, 0.1) is 6.04 Å². The van der Waals surface area contributed by atoms with Crippen molar-refractivity contribution in [3.63, 3.8) is 0 Å². The molecular formula is C16H18N4O4. The maximum Gasteiger partial charge on any atom is 0.255 e. The minimum absolute atomic E-state index is 0.0817. The molecule has 4 rings (SSSR count). The average molecular weight is 330 g/mol. The quantitative estimate of drug-likeness (QED) is 0.497. The summed E-state index contributed by atoms with van der Waals surface area (Å²) in [7, 11) is 0. The first-order valence-corrected chi connectivity index (χ1v) is 7.85. The van der Waals surface area contributed by atoms with Crippen molar-refractivity contribution in [2.24, 2.45) is 5.73 Å². The van der Waals surface area contributed by atoms with Gasteiger partial charge in [0.15, 0.2) is 11.8 Å². The number of nitrogens with two attached hydrogens (primary N) is 1. The number of carbonyl (C=O) groups is 3. The lowest BCUT2D eigenvalue weighted by molar-refractivity contribution is -0.152. The van der Waals surface area contributed by atoms with Crippen LogP contribution in [0.3, 0.4) is 0 Å². The molecule has 2 amide bonds. The lowest BCUT2D eigenvalue weighted by Gasteiger charge is -2.37. The van der Waals surface area contributed by atoms with Gasteiger partial charge in [-0.3, -0.25) is 14.4 Å². The highest BCUT2D eigenvalue weighted by Gasteiger charge is 2.63. The van der Waals surface area contributed by atoms with E-state index in [1.165, 1.54) is 11.8 Å². The number of benzene rings is 1. The molecule has 3 heterocycles. The Hall–Kier alpha value is -2.45. The molecule has 0 unspecified atom stereocenters. The molecule has 8 heteroatoms. The summed E-state index contributed by atoms with van der Waals surface area (Å²) in [5, 5.41) is 16.7. The van der Waals surface area contributed by atoms with E-state index in [9.17, 15) is 19.5 Å². The second-order valence-electron chi connectivity index (χ2n) is 6.61. The van der Waals surface area contributed by atoms with Gasteiger partial charge in [-0.25, -0.2) is 0 Å². The van der Waals surface area contributed by atoms with E-state index in [1.54, 1.807) is 18.2 Å². The molecule has 0 aromatic heterocycles. The highest BCUT2D eigenvalue weighted by Crippen LogP contribution is 2.49. The Morgan fingerprint density at radius 1 is 1.38 bits per heavy atom. The lowest BCUT2D eigenvalue weighted by atomic mass is 9.91. The number of ketones is 1. The summed E-state index contributed by atoms with van der Waals surface area (Å²) >= 11 is 0. The molecule has 5 atom stereocenters. The summed E-state index contributed by atoms with van der Waals surface area (Å²) in [6.07, 6.45) is -0.694. The molecule has 1 aromatic rings. The topological polar surface area (TPSA) is 125 Å². The number of anilines is 1. The predicted molar refractivity (Wildman–Crippen MR) is 83.6 cm³/mol. The van der Waals surface area contributed by atoms with Crippen LogP contribution in [0.1, 0.15) is 18.9 Å². The Balaban J connectivity index is 1.74. The van der Waals surface area contributed by atoms with Crippen LogP contribution in [0.4, 0.5) is 5.69 Å². The van der Waals surface area contributed by atoms with Gasteiger partial charge in [-0.15, -0.1) is 0 Å². The molecule has 2 saturated heterocycles. The zero-order valence-corrected chi connectivity index (χ0v) is 13.0. The van der Waals surface area contributed by atoms with E-state index in [0.29, 0.717) is 5.56 Å². The zero-order valence-electron chi connectivity index (χ0n) is 13.0. The number of piperazine rings is 1. The summed E-state index contributed by atoms with van der Waals surface area (Å²) in [5.41, 5.74) is 5.59. The van der Waals surface area contributed by atoms with Crippen molar-refractivity contribution < 1.29 is 19.5 Å². The number of amides is 2. The predicted octanol–water partition coefficient (Wildman–Crippen LogP) is -1.36. The molecular weight excluding hydrogens is 312 g/mol. The summed E-state index contributed by atoms with van der Waals surface area (Å²) in [6.45, 7) is 1.47. The Bertz CT molecular complexity index is 764. The van der Waals surface area contributed by atoms with Gasteiger partial charge < -0.3 is 26.4 Å². The van der Waals surface area contributed by atoms with Gasteiger partial charge in [0.1, 0.15) is 17.8 Å². The number of rotatable bonds is 2. The smallest absolute Gasteiger partial charge is 0.255 e. The second-order valence-corrected chi connectivity index (χ2v) is 6.61. The van der Waals surface area contributed by atoms with E-state index in [-0.39, 0.29) is 6.42 Å². The van der Waals surface area contributed by atoms with E-state index >= 15 is 0 Å². The van der Waals surface area contributed by atoms with Crippen LogP contribution in [0.5, 0.6) is 0 Å². The number of Topliss-reactive ketones (excluding diaryl/α,β-unsaturated/α-hetero) is 1. The van der Waals surface area contributed by atoms with Gasteiger partial charge in [0.25, 0.3) is 5.91 Å². The molecule has 8 nitrogen and oxygen atoms in total. The average Bonchev–Trinajstić information content (AvgIpc) is 2.99. The van der Waals surface area contributed by atoms with Gasteiger partial charge in [-0.05, 0) is 13.0 Å². The fourth-order valence-corrected chi connectivity index (χ4v) is 3.90. The van der Waals surface area contributed by atoms with Crippen molar-refractivity contribution in [3.05, 3.63) is 29.8 Å². The van der Waals surface area contributed by atoms with Gasteiger partial charge in [-0.1, -0.05) is 18.2 Å². The van der Waals surface area contributed by atoms with Crippen molar-refractivity contribution >= 4 is 23.3 Å². The molecule has 0 radical (unpaired) electrons. The first-order chi connectivity index (χ1) is 11.3. The summed E-state index contributed by atoms with van der Waals surface area (Å²) in [5.74, 6) is -1.53. The van der Waals surface area contributed by atoms with Crippen LogP contribution < -0.4 is 16.4 Å². The second kappa shape index (κ2) is 4.78. The van der Waals surface area contributed by atoms with Gasteiger partial charge in [-0.2, -0.15) is 0 Å². The van der Waals surface area contributed by atoms with Crippen LogP contribution in [0, 0.1) is 0 Å². The number of nitrogens with one attached hydrogen (secondary N) is 2. The molecule has 5 N–H and O–H groups in total. The fourth-order valence-electron chi connectivity index (χ4n) is 3.90. The standard InChI is InChI=1S/C16H18N4O4/c1-7(17)12(21)11-14(23)20-10(13(22)19-11)6-16(24)8-4-2-3-5-9(8)18-15(16)20/h2-5,7,10-11,15,18,24H,6,17H2,1H3,(H,19,22)/t7-,10-,11-,15-,16+/m0/s1. The SMILES string of the molecule is C[C@H](N)C(=O)[C@@H]1NC(=O)[C@@H]2C[C@@]3(O)c4ccccc4N[C@H]3N2C1=O. The lowest BCUT2D eigenvalue weighted by Crippen LogP contribution is -2.67. The summed E-state index contributed by atoms with van der Waals surface area (Å²) in [6, 6.07) is 4.20. The maximum atomic E-state index is 12.8. The van der Waals surface area contributed by atoms with Crippen LogP contribution in [0.15, 0.2) is 24.3 Å². The molecule has 24 heavy (non-hydrogen) atoms. The van der Waals surface area contributed by atoms with Crippen molar-refractivity contribution in [1.82, 2.24) is 10.2 Å². The van der Waals surface area contributed by atoms with Gasteiger partial charge >= 0.3 is 0 Å². The molecule has 0 spiro atoms. The molecule has 126 valence electrons. The molecule has 2 fully saturated rings. The first-order valence-electron chi connectivity index (χ1n) is 7.85. The van der Waals surface area contributed by atoms with Crippen LogP contribution in [0.25, 0.3) is 0 Å². The molecule has 0 aliphatic carbocycles. The number of hydrogen-bond acceptors (Lipinski definition) is 6. The highest BCUT2D eigenvalue weighted by molar-refractivity contribution is 6.13. The van der Waals surface area contributed by atoms with Crippen LogP contribution in [0.2, 0.25) is 0 Å². The Labute approximate surface area is 138 Å². The summed E-state index contributed by atoms with van der Waals surface area (Å²) < 4.78 is 0. The van der Waals surface area contributed by atoms with Crippen molar-refractivity contribution in [3.8, 4) is 0 Å². The van der Waals surface area contributed by atoms with Crippen LogP contribution in [-0.2, 0) is 20.0 Å². The van der Waals surface area contributed by atoms with Crippen molar-refractivity contribution in [2.75, 3.05) is 5.32 Å². The normalized spacial score (nSPS) is 34.8.